The first kappa shape index (κ1) is 8.17. The second-order valence-corrected chi connectivity index (χ2v) is 3.31. The molecule has 0 aromatic carbocycles. The summed E-state index contributed by atoms with van der Waals surface area (Å²) in [5.74, 6) is 1.74. The van der Waals surface area contributed by atoms with E-state index in [2.05, 4.69) is 12.1 Å². The molecule has 0 radical (unpaired) electrons. The van der Waals surface area contributed by atoms with E-state index in [1.54, 1.807) is 4.90 Å². The van der Waals surface area contributed by atoms with Gasteiger partial charge in [0, 0.05) is 13.6 Å². The highest BCUT2D eigenvalue weighted by molar-refractivity contribution is 5.77. The first-order valence-electron chi connectivity index (χ1n) is 3.83. The van der Waals surface area contributed by atoms with Crippen LogP contribution in [0.15, 0.2) is 5.16 Å². The molecule has 4 heteroatoms. The molecule has 1 rings (SSSR count). The zero-order valence-electron chi connectivity index (χ0n) is 6.99. The van der Waals surface area contributed by atoms with Gasteiger partial charge in [-0.15, -0.1) is 0 Å². The predicted molar refractivity (Wildman–Crippen MR) is 43.3 cm³/mol. The largest absolute Gasteiger partial charge is 0.408 e. The number of oxime groups is 1. The molecule has 0 aliphatic heterocycles. The Labute approximate surface area is 66.7 Å². The minimum Gasteiger partial charge on any atom is -0.408 e. The minimum absolute atomic E-state index is 0.198. The van der Waals surface area contributed by atoms with Crippen LogP contribution < -0.4 is 5.73 Å². The van der Waals surface area contributed by atoms with Crippen molar-refractivity contribution in [3.63, 3.8) is 0 Å². The second-order valence-electron chi connectivity index (χ2n) is 3.31. The lowest BCUT2D eigenvalue weighted by molar-refractivity contribution is 0.303. The zero-order chi connectivity index (χ0) is 8.43. The summed E-state index contributed by atoms with van der Waals surface area (Å²) in [6.45, 7) is 3.11. The molecule has 1 aliphatic rings. The third-order valence-electron chi connectivity index (χ3n) is 2.28. The third kappa shape index (κ3) is 2.00. The van der Waals surface area contributed by atoms with Gasteiger partial charge in [-0.25, -0.2) is 0 Å². The van der Waals surface area contributed by atoms with Gasteiger partial charge >= 0.3 is 0 Å². The van der Waals surface area contributed by atoms with Crippen LogP contribution in [0.5, 0.6) is 0 Å². The monoisotopic (exact) mass is 157 g/mol. The van der Waals surface area contributed by atoms with E-state index in [-0.39, 0.29) is 5.96 Å². The Morgan fingerprint density at radius 3 is 2.73 bits per heavy atom. The van der Waals surface area contributed by atoms with Crippen molar-refractivity contribution in [3.8, 4) is 0 Å². The van der Waals surface area contributed by atoms with Gasteiger partial charge in [0.1, 0.15) is 0 Å². The predicted octanol–water partition coefficient (Wildman–Crippen LogP) is 0.278. The van der Waals surface area contributed by atoms with Crippen LogP contribution in [0.3, 0.4) is 0 Å². The van der Waals surface area contributed by atoms with Gasteiger partial charge in [-0.1, -0.05) is 12.1 Å². The number of guanidine groups is 1. The van der Waals surface area contributed by atoms with Crippen LogP contribution in [-0.4, -0.2) is 29.7 Å². The van der Waals surface area contributed by atoms with Gasteiger partial charge in [0.15, 0.2) is 0 Å². The van der Waals surface area contributed by atoms with Gasteiger partial charge in [0.25, 0.3) is 0 Å². The molecule has 64 valence electrons. The van der Waals surface area contributed by atoms with E-state index in [9.17, 15) is 0 Å². The fraction of sp³-hybridized carbons (Fsp3) is 0.857. The number of nitrogens with zero attached hydrogens (tertiary/aromatic N) is 2. The van der Waals surface area contributed by atoms with E-state index in [4.69, 9.17) is 10.9 Å². The van der Waals surface area contributed by atoms with Gasteiger partial charge in [-0.2, -0.15) is 0 Å². The molecular weight excluding hydrogens is 142 g/mol. The maximum Gasteiger partial charge on any atom is 0.233 e. The molecule has 0 aromatic heterocycles. The van der Waals surface area contributed by atoms with Crippen molar-refractivity contribution in [2.45, 2.75) is 13.3 Å². The maximum absolute atomic E-state index is 8.33. The van der Waals surface area contributed by atoms with Crippen molar-refractivity contribution in [1.82, 2.24) is 4.90 Å². The Kier molecular flexibility index (Phi) is 2.22. The molecule has 1 saturated carbocycles. The molecular formula is C7H15N3O. The first-order chi connectivity index (χ1) is 5.15. The summed E-state index contributed by atoms with van der Waals surface area (Å²) in [7, 11) is 1.83. The highest BCUT2D eigenvalue weighted by Crippen LogP contribution is 2.37. The second kappa shape index (κ2) is 2.98. The van der Waals surface area contributed by atoms with Crippen molar-refractivity contribution in [1.29, 1.82) is 0 Å². The summed E-state index contributed by atoms with van der Waals surface area (Å²) in [5.41, 5.74) is 5.36. The first-order valence-corrected chi connectivity index (χ1v) is 3.83. The standard InChI is InChI=1S/C7H15N3O/c1-5-3-6(5)4-10(2)7(8)9-11/h5-6,11H,3-4H2,1-2H3,(H2,8,9). The van der Waals surface area contributed by atoms with Crippen LogP contribution in [0, 0.1) is 11.8 Å². The Hall–Kier alpha value is -0.930. The summed E-state index contributed by atoms with van der Waals surface area (Å²) in [6, 6.07) is 0. The normalized spacial score (nSPS) is 30.2. The number of nitrogens with two attached hydrogens (primary N) is 1. The molecule has 0 saturated heterocycles. The van der Waals surface area contributed by atoms with E-state index in [1.165, 1.54) is 6.42 Å². The van der Waals surface area contributed by atoms with E-state index in [1.807, 2.05) is 7.05 Å². The van der Waals surface area contributed by atoms with Crippen LogP contribution in [-0.2, 0) is 0 Å². The van der Waals surface area contributed by atoms with Gasteiger partial charge in [-0.3, -0.25) is 0 Å². The molecule has 3 N–H and O–H groups in total. The smallest absolute Gasteiger partial charge is 0.233 e. The molecule has 4 nitrogen and oxygen atoms in total. The molecule has 0 aromatic rings. The summed E-state index contributed by atoms with van der Waals surface area (Å²) in [5, 5.41) is 11.2. The number of hydrogen-bond donors (Lipinski definition) is 2. The summed E-state index contributed by atoms with van der Waals surface area (Å²) >= 11 is 0. The topological polar surface area (TPSA) is 61.8 Å². The van der Waals surface area contributed by atoms with Crippen molar-refractivity contribution >= 4 is 5.96 Å². The zero-order valence-corrected chi connectivity index (χ0v) is 6.99. The molecule has 1 fully saturated rings. The average Bonchev–Trinajstić information content (AvgIpc) is 2.65. The lowest BCUT2D eigenvalue weighted by Crippen LogP contribution is -2.35. The van der Waals surface area contributed by atoms with E-state index >= 15 is 0 Å². The Morgan fingerprint density at radius 1 is 1.82 bits per heavy atom. The van der Waals surface area contributed by atoms with E-state index in [0.717, 1.165) is 18.4 Å². The van der Waals surface area contributed by atoms with Crippen LogP contribution in [0.25, 0.3) is 0 Å². The molecule has 0 amide bonds. The number of rotatable bonds is 2. The molecule has 0 bridgehead atoms. The minimum atomic E-state index is 0.198. The molecule has 2 unspecified atom stereocenters. The fourth-order valence-electron chi connectivity index (χ4n) is 1.18. The lowest BCUT2D eigenvalue weighted by atomic mass is 10.3. The van der Waals surface area contributed by atoms with Crippen LogP contribution >= 0.6 is 0 Å². The highest BCUT2D eigenvalue weighted by atomic mass is 16.4. The van der Waals surface area contributed by atoms with Crippen molar-refractivity contribution in [2.75, 3.05) is 13.6 Å². The van der Waals surface area contributed by atoms with E-state index < -0.39 is 0 Å². The van der Waals surface area contributed by atoms with Gasteiger partial charge in [-0.05, 0) is 18.3 Å². The molecule has 1 aliphatic carbocycles. The highest BCUT2D eigenvalue weighted by Gasteiger charge is 2.33. The SMILES string of the molecule is CC1CC1CN(C)C(N)=NO. The van der Waals surface area contributed by atoms with Gasteiger partial charge in [0.05, 0.1) is 0 Å². The van der Waals surface area contributed by atoms with Gasteiger partial charge in [0.2, 0.25) is 5.96 Å². The van der Waals surface area contributed by atoms with Crippen molar-refractivity contribution in [3.05, 3.63) is 0 Å². The van der Waals surface area contributed by atoms with Gasteiger partial charge < -0.3 is 15.8 Å². The third-order valence-corrected chi connectivity index (χ3v) is 2.28. The van der Waals surface area contributed by atoms with Crippen LogP contribution in [0.1, 0.15) is 13.3 Å². The summed E-state index contributed by atoms with van der Waals surface area (Å²) < 4.78 is 0. The molecule has 0 spiro atoms. The summed E-state index contributed by atoms with van der Waals surface area (Å²) in [4.78, 5) is 1.77. The molecule has 11 heavy (non-hydrogen) atoms. The fourth-order valence-corrected chi connectivity index (χ4v) is 1.18. The summed E-state index contributed by atoms with van der Waals surface area (Å²) in [6.07, 6.45) is 1.27. The van der Waals surface area contributed by atoms with Crippen molar-refractivity contribution < 1.29 is 5.21 Å². The van der Waals surface area contributed by atoms with Crippen LogP contribution in [0.2, 0.25) is 0 Å². The van der Waals surface area contributed by atoms with Crippen molar-refractivity contribution in [2.24, 2.45) is 22.7 Å². The Bertz CT molecular complexity index is 169. The Morgan fingerprint density at radius 2 is 2.36 bits per heavy atom. The number of hydrogen-bond acceptors (Lipinski definition) is 2. The quantitative estimate of drug-likeness (QED) is 0.262. The van der Waals surface area contributed by atoms with E-state index in [0.29, 0.717) is 0 Å². The molecule has 0 heterocycles. The molecule has 2 atom stereocenters. The Balaban J connectivity index is 2.26. The average molecular weight is 157 g/mol. The lowest BCUT2D eigenvalue weighted by Gasteiger charge is -2.15. The van der Waals surface area contributed by atoms with Crippen LogP contribution in [0.4, 0.5) is 0 Å². The maximum atomic E-state index is 8.33.